The number of hydrogen-bond donors (Lipinski definition) is 1. The number of hydrogen-bond acceptors (Lipinski definition) is 3. The molecular weight excluding hydrogens is 138 g/mol. The Bertz CT molecular complexity index is 116. The summed E-state index contributed by atoms with van der Waals surface area (Å²) in [7, 11) is 2.72. The molecular formula is C5H11NO4. The minimum absolute atomic E-state index is 0.541. The van der Waals surface area contributed by atoms with Crippen molar-refractivity contribution in [3.8, 4) is 0 Å². The van der Waals surface area contributed by atoms with Crippen LogP contribution in [0, 0.1) is 0 Å². The molecule has 0 radical (unpaired) electrons. The van der Waals surface area contributed by atoms with Gasteiger partial charge in [0.2, 0.25) is 0 Å². The van der Waals surface area contributed by atoms with E-state index in [9.17, 15) is 4.79 Å². The molecule has 0 aliphatic rings. The second-order valence-corrected chi connectivity index (χ2v) is 1.69. The van der Waals surface area contributed by atoms with Crippen LogP contribution < -0.4 is 0 Å². The maximum Gasteiger partial charge on any atom is 0.431 e. The molecule has 0 aliphatic carbocycles. The lowest BCUT2D eigenvalue weighted by atomic mass is 10.8. The Kier molecular flexibility index (Phi) is 3.75. The van der Waals surface area contributed by atoms with E-state index in [0.717, 1.165) is 0 Å². The van der Waals surface area contributed by atoms with Crippen LogP contribution in [0.25, 0.3) is 0 Å². The Morgan fingerprint density at radius 1 is 1.70 bits per heavy atom. The quantitative estimate of drug-likeness (QED) is 0.469. The van der Waals surface area contributed by atoms with Crippen molar-refractivity contribution in [1.82, 2.24) is 5.06 Å². The fourth-order valence-corrected chi connectivity index (χ4v) is 0.311. The minimum Gasteiger partial charge on any atom is -0.463 e. The van der Waals surface area contributed by atoms with Gasteiger partial charge in [-0.2, -0.15) is 5.06 Å². The zero-order chi connectivity index (χ0) is 8.15. The molecule has 10 heavy (non-hydrogen) atoms. The van der Waals surface area contributed by atoms with Gasteiger partial charge < -0.3 is 9.84 Å². The van der Waals surface area contributed by atoms with Crippen molar-refractivity contribution in [2.24, 2.45) is 0 Å². The molecule has 1 atom stereocenters. The molecule has 1 N–H and O–H groups in total. The third-order valence-corrected chi connectivity index (χ3v) is 0.908. The normalized spacial score (nSPS) is 12.7. The van der Waals surface area contributed by atoms with Gasteiger partial charge >= 0.3 is 6.09 Å². The second-order valence-electron chi connectivity index (χ2n) is 1.69. The topological polar surface area (TPSA) is 59.0 Å². The number of rotatable bonds is 3. The molecule has 0 aromatic heterocycles. The van der Waals surface area contributed by atoms with E-state index in [1.54, 1.807) is 6.92 Å². The standard InChI is InChI=1S/C5H11NO4/c1-4(9-3)10-6(2)5(7)8/h4H,1-3H3,(H,7,8). The number of methoxy groups -OCH3 is 1. The summed E-state index contributed by atoms with van der Waals surface area (Å²) in [6.45, 7) is 1.60. The summed E-state index contributed by atoms with van der Waals surface area (Å²) in [5, 5.41) is 8.96. The minimum atomic E-state index is -1.15. The molecule has 1 unspecified atom stereocenters. The summed E-state index contributed by atoms with van der Waals surface area (Å²) >= 11 is 0. The number of carboxylic acid groups (broad SMARTS) is 1. The largest absolute Gasteiger partial charge is 0.463 e. The molecule has 5 nitrogen and oxygen atoms in total. The van der Waals surface area contributed by atoms with Crippen LogP contribution in [0.5, 0.6) is 0 Å². The van der Waals surface area contributed by atoms with Crippen molar-refractivity contribution in [1.29, 1.82) is 0 Å². The maximum atomic E-state index is 10.1. The van der Waals surface area contributed by atoms with E-state index in [1.165, 1.54) is 14.2 Å². The van der Waals surface area contributed by atoms with Gasteiger partial charge in [-0.05, 0) is 6.92 Å². The highest BCUT2D eigenvalue weighted by Gasteiger charge is 2.09. The highest BCUT2D eigenvalue weighted by Crippen LogP contribution is 1.94. The molecule has 0 bridgehead atoms. The average molecular weight is 149 g/mol. The summed E-state index contributed by atoms with van der Waals surface area (Å²) in [6, 6.07) is 0. The van der Waals surface area contributed by atoms with Crippen LogP contribution in [-0.2, 0) is 9.57 Å². The fraction of sp³-hybridized carbons (Fsp3) is 0.800. The molecule has 1 amide bonds. The summed E-state index contributed by atoms with van der Waals surface area (Å²) in [5.41, 5.74) is 0. The number of hydroxylamine groups is 2. The number of nitrogens with zero attached hydrogens (tertiary/aromatic N) is 1. The average Bonchev–Trinajstić information content (AvgIpc) is 1.87. The van der Waals surface area contributed by atoms with Crippen molar-refractivity contribution in [2.75, 3.05) is 14.2 Å². The lowest BCUT2D eigenvalue weighted by molar-refractivity contribution is -0.234. The van der Waals surface area contributed by atoms with Crippen molar-refractivity contribution in [3.05, 3.63) is 0 Å². The van der Waals surface area contributed by atoms with E-state index in [4.69, 9.17) is 5.11 Å². The maximum absolute atomic E-state index is 10.1. The summed E-state index contributed by atoms with van der Waals surface area (Å²) in [4.78, 5) is 14.8. The third kappa shape index (κ3) is 3.26. The molecule has 0 rings (SSSR count). The lowest BCUT2D eigenvalue weighted by Gasteiger charge is -2.16. The van der Waals surface area contributed by atoms with Crippen molar-refractivity contribution < 1.29 is 19.5 Å². The number of amides is 1. The van der Waals surface area contributed by atoms with Gasteiger partial charge in [-0.1, -0.05) is 0 Å². The Hall–Kier alpha value is -0.810. The van der Waals surface area contributed by atoms with Gasteiger partial charge in [-0.25, -0.2) is 9.63 Å². The summed E-state index contributed by atoms with van der Waals surface area (Å²) in [6.07, 6.45) is -1.69. The molecule has 0 aromatic rings. The lowest BCUT2D eigenvalue weighted by Crippen LogP contribution is -2.30. The highest BCUT2D eigenvalue weighted by atomic mass is 16.8. The Labute approximate surface area is 59.1 Å². The molecule has 5 heteroatoms. The van der Waals surface area contributed by atoms with Gasteiger partial charge in [0, 0.05) is 14.2 Å². The van der Waals surface area contributed by atoms with Crippen molar-refractivity contribution >= 4 is 6.09 Å². The predicted molar refractivity (Wildman–Crippen MR) is 33.3 cm³/mol. The summed E-state index contributed by atoms with van der Waals surface area (Å²) in [5.74, 6) is 0. The van der Waals surface area contributed by atoms with Crippen LogP contribution in [0.3, 0.4) is 0 Å². The molecule has 0 aliphatic heterocycles. The van der Waals surface area contributed by atoms with E-state index < -0.39 is 12.4 Å². The monoisotopic (exact) mass is 149 g/mol. The van der Waals surface area contributed by atoms with Crippen molar-refractivity contribution in [2.45, 2.75) is 13.2 Å². The van der Waals surface area contributed by atoms with Crippen molar-refractivity contribution in [3.63, 3.8) is 0 Å². The SMILES string of the molecule is COC(C)ON(C)C(=O)O. The van der Waals surface area contributed by atoms with Crippen LogP contribution in [0.2, 0.25) is 0 Å². The first-order valence-corrected chi connectivity index (χ1v) is 2.74. The molecule has 0 spiro atoms. The molecule has 0 saturated heterocycles. The second kappa shape index (κ2) is 4.08. The molecule has 0 fully saturated rings. The first kappa shape index (κ1) is 9.19. The van der Waals surface area contributed by atoms with Crippen LogP contribution in [0.15, 0.2) is 0 Å². The highest BCUT2D eigenvalue weighted by molar-refractivity contribution is 5.62. The van der Waals surface area contributed by atoms with E-state index >= 15 is 0 Å². The smallest absolute Gasteiger partial charge is 0.431 e. The van der Waals surface area contributed by atoms with Gasteiger partial charge in [-0.15, -0.1) is 0 Å². The fourth-order valence-electron chi connectivity index (χ4n) is 0.311. The van der Waals surface area contributed by atoms with Gasteiger partial charge in [0.25, 0.3) is 0 Å². The van der Waals surface area contributed by atoms with Crippen LogP contribution in [-0.4, -0.2) is 36.7 Å². The van der Waals surface area contributed by atoms with Gasteiger partial charge in [0.05, 0.1) is 0 Å². The van der Waals surface area contributed by atoms with E-state index in [1.807, 2.05) is 0 Å². The van der Waals surface area contributed by atoms with Crippen LogP contribution in [0.1, 0.15) is 6.92 Å². The van der Waals surface area contributed by atoms with Crippen LogP contribution >= 0.6 is 0 Å². The first-order valence-electron chi connectivity index (χ1n) is 2.74. The van der Waals surface area contributed by atoms with E-state index in [2.05, 4.69) is 9.57 Å². The van der Waals surface area contributed by atoms with E-state index in [-0.39, 0.29) is 0 Å². The Balaban J connectivity index is 3.56. The van der Waals surface area contributed by atoms with Gasteiger partial charge in [-0.3, -0.25) is 0 Å². The Morgan fingerprint density at radius 2 is 2.20 bits per heavy atom. The number of ether oxygens (including phenoxy) is 1. The first-order chi connectivity index (χ1) is 4.57. The number of carbonyl (C=O) groups is 1. The third-order valence-electron chi connectivity index (χ3n) is 0.908. The molecule has 0 heterocycles. The van der Waals surface area contributed by atoms with Crippen LogP contribution in [0.4, 0.5) is 4.79 Å². The zero-order valence-corrected chi connectivity index (χ0v) is 6.20. The molecule has 0 aromatic carbocycles. The van der Waals surface area contributed by atoms with Gasteiger partial charge in [0.1, 0.15) is 0 Å². The zero-order valence-electron chi connectivity index (χ0n) is 6.20. The Morgan fingerprint density at radius 3 is 2.50 bits per heavy atom. The predicted octanol–water partition coefficient (Wildman–Crippen LogP) is 0.520. The molecule has 0 saturated carbocycles. The van der Waals surface area contributed by atoms with Gasteiger partial charge in [0.15, 0.2) is 6.29 Å². The summed E-state index contributed by atoms with van der Waals surface area (Å²) < 4.78 is 4.64. The van der Waals surface area contributed by atoms with E-state index in [0.29, 0.717) is 5.06 Å². The molecule has 60 valence electrons.